The number of anilines is 1. The lowest BCUT2D eigenvalue weighted by atomic mass is 10.2. The molecule has 0 saturated heterocycles. The molecule has 0 aliphatic heterocycles. The Labute approximate surface area is 130 Å². The van der Waals surface area contributed by atoms with Crippen LogP contribution in [0.4, 0.5) is 10.1 Å². The Kier molecular flexibility index (Phi) is 7.48. The zero-order valence-electron chi connectivity index (χ0n) is 12.5. The lowest BCUT2D eigenvalue weighted by Gasteiger charge is -2.10. The maximum Gasteiger partial charge on any atom is 0.240 e. The van der Waals surface area contributed by atoms with Crippen LogP contribution in [0, 0.1) is 12.7 Å². The van der Waals surface area contributed by atoms with Crippen LogP contribution in [0.3, 0.4) is 0 Å². The first-order valence-corrected chi connectivity index (χ1v) is 9.80. The number of unbranched alkanes of at least 4 members (excludes halogenated alkanes) is 3. The Morgan fingerprint density at radius 3 is 2.57 bits per heavy atom. The third-order valence-corrected chi connectivity index (χ3v) is 5.45. The van der Waals surface area contributed by atoms with Gasteiger partial charge in [0, 0.05) is 6.54 Å². The molecule has 4 nitrogen and oxygen atoms in total. The monoisotopic (exact) mass is 334 g/mol. The third kappa shape index (κ3) is 5.84. The number of benzene rings is 1. The number of nitrogen functional groups attached to an aromatic ring is 1. The van der Waals surface area contributed by atoms with Crippen molar-refractivity contribution < 1.29 is 12.8 Å². The summed E-state index contributed by atoms with van der Waals surface area (Å²) in [6.45, 7) is 1.94. The minimum absolute atomic E-state index is 0.0452. The molecule has 1 aromatic carbocycles. The average molecular weight is 334 g/mol. The maximum absolute atomic E-state index is 13.3. The molecule has 21 heavy (non-hydrogen) atoms. The van der Waals surface area contributed by atoms with E-state index in [2.05, 4.69) is 11.0 Å². The highest BCUT2D eigenvalue weighted by atomic mass is 32.2. The van der Waals surface area contributed by atoms with E-state index in [1.165, 1.54) is 6.07 Å². The summed E-state index contributed by atoms with van der Waals surface area (Å²) >= 11 is 1.82. The molecular formula is C14H23FN2O2S2. The van der Waals surface area contributed by atoms with Gasteiger partial charge in [0.2, 0.25) is 10.0 Å². The van der Waals surface area contributed by atoms with E-state index in [1.807, 2.05) is 11.8 Å². The number of nitrogens with one attached hydrogen (secondary N) is 1. The molecule has 7 heteroatoms. The molecule has 0 amide bonds. The normalized spacial score (nSPS) is 11.8. The number of halogens is 1. The highest BCUT2D eigenvalue weighted by molar-refractivity contribution is 7.98. The van der Waals surface area contributed by atoms with E-state index in [0.717, 1.165) is 37.5 Å². The molecule has 0 heterocycles. The lowest BCUT2D eigenvalue weighted by Crippen LogP contribution is -2.25. The summed E-state index contributed by atoms with van der Waals surface area (Å²) in [5, 5.41) is 0. The van der Waals surface area contributed by atoms with Crippen LogP contribution < -0.4 is 10.5 Å². The second kappa shape index (κ2) is 8.60. The predicted octanol–water partition coefficient (Wildman–Crippen LogP) is 2.92. The highest BCUT2D eigenvalue weighted by Gasteiger charge is 2.18. The molecule has 0 radical (unpaired) electrons. The van der Waals surface area contributed by atoms with Gasteiger partial charge in [-0.1, -0.05) is 12.8 Å². The van der Waals surface area contributed by atoms with E-state index < -0.39 is 15.8 Å². The first-order valence-electron chi connectivity index (χ1n) is 6.92. The number of nitrogens with two attached hydrogens (primary N) is 1. The summed E-state index contributed by atoms with van der Waals surface area (Å²) < 4.78 is 40.1. The van der Waals surface area contributed by atoms with Crippen LogP contribution in [-0.2, 0) is 10.0 Å². The van der Waals surface area contributed by atoms with Crippen molar-refractivity contribution in [2.75, 3.05) is 24.3 Å². The second-order valence-electron chi connectivity index (χ2n) is 4.94. The van der Waals surface area contributed by atoms with Crippen LogP contribution in [0.2, 0.25) is 0 Å². The first-order chi connectivity index (χ1) is 9.88. The summed E-state index contributed by atoms with van der Waals surface area (Å²) in [5.41, 5.74) is 5.64. The molecule has 120 valence electrons. The SMILES string of the molecule is CSCCCCCCNS(=O)(=O)c1cc(N)c(F)cc1C. The smallest absolute Gasteiger partial charge is 0.240 e. The molecule has 3 N–H and O–H groups in total. The Morgan fingerprint density at radius 1 is 1.24 bits per heavy atom. The fourth-order valence-electron chi connectivity index (χ4n) is 1.97. The van der Waals surface area contributed by atoms with Crippen molar-refractivity contribution in [1.29, 1.82) is 0 Å². The molecule has 0 fully saturated rings. The summed E-state index contributed by atoms with van der Waals surface area (Å²) in [7, 11) is -3.63. The van der Waals surface area contributed by atoms with Crippen LogP contribution in [-0.4, -0.2) is 27.0 Å². The first kappa shape index (κ1) is 18.3. The van der Waals surface area contributed by atoms with Crippen LogP contribution >= 0.6 is 11.8 Å². The van der Waals surface area contributed by atoms with Gasteiger partial charge in [-0.25, -0.2) is 17.5 Å². The van der Waals surface area contributed by atoms with Crippen molar-refractivity contribution in [3.8, 4) is 0 Å². The standard InChI is InChI=1S/C14H23FN2O2S2/c1-11-9-12(15)13(16)10-14(11)21(18,19)17-7-5-3-4-6-8-20-2/h9-10,17H,3-8,16H2,1-2H3. The minimum Gasteiger partial charge on any atom is -0.396 e. The quantitative estimate of drug-likeness (QED) is 0.538. The van der Waals surface area contributed by atoms with Crippen molar-refractivity contribution in [3.05, 3.63) is 23.5 Å². The maximum atomic E-state index is 13.3. The minimum atomic E-state index is -3.63. The fraction of sp³-hybridized carbons (Fsp3) is 0.571. The van der Waals surface area contributed by atoms with Crippen LogP contribution in [0.15, 0.2) is 17.0 Å². The molecule has 0 saturated carbocycles. The summed E-state index contributed by atoms with van der Waals surface area (Å²) in [4.78, 5) is 0.0452. The molecule has 0 bridgehead atoms. The molecule has 1 rings (SSSR count). The van der Waals surface area contributed by atoms with Gasteiger partial charge in [0.25, 0.3) is 0 Å². The Bertz CT molecular complexity index is 562. The van der Waals surface area contributed by atoms with Crippen LogP contribution in [0.25, 0.3) is 0 Å². The highest BCUT2D eigenvalue weighted by Crippen LogP contribution is 2.21. The number of hydrogen-bond donors (Lipinski definition) is 2. The van der Waals surface area contributed by atoms with Gasteiger partial charge in [0.1, 0.15) is 5.82 Å². The average Bonchev–Trinajstić information content (AvgIpc) is 2.41. The van der Waals surface area contributed by atoms with Crippen molar-refractivity contribution >= 4 is 27.5 Å². The number of thioether (sulfide) groups is 1. The predicted molar refractivity (Wildman–Crippen MR) is 87.6 cm³/mol. The largest absolute Gasteiger partial charge is 0.396 e. The summed E-state index contributed by atoms with van der Waals surface area (Å²) in [6.07, 6.45) is 6.12. The topological polar surface area (TPSA) is 72.2 Å². The van der Waals surface area contributed by atoms with E-state index in [1.54, 1.807) is 6.92 Å². The van der Waals surface area contributed by atoms with Crippen molar-refractivity contribution in [2.45, 2.75) is 37.5 Å². The van der Waals surface area contributed by atoms with E-state index in [0.29, 0.717) is 12.1 Å². The van der Waals surface area contributed by atoms with Crippen molar-refractivity contribution in [2.24, 2.45) is 0 Å². The molecule has 0 atom stereocenters. The lowest BCUT2D eigenvalue weighted by molar-refractivity contribution is 0.572. The molecule has 0 unspecified atom stereocenters. The number of sulfonamides is 1. The molecule has 0 spiro atoms. The van der Waals surface area contributed by atoms with Crippen molar-refractivity contribution in [1.82, 2.24) is 4.72 Å². The molecular weight excluding hydrogens is 311 g/mol. The number of aryl methyl sites for hydroxylation is 1. The zero-order valence-corrected chi connectivity index (χ0v) is 14.1. The Hall–Kier alpha value is -0.790. The van der Waals surface area contributed by atoms with Gasteiger partial charge >= 0.3 is 0 Å². The summed E-state index contributed by atoms with van der Waals surface area (Å²) in [6, 6.07) is 2.32. The van der Waals surface area contributed by atoms with Gasteiger partial charge in [0.05, 0.1) is 10.6 Å². The van der Waals surface area contributed by atoms with Crippen LogP contribution in [0.5, 0.6) is 0 Å². The number of hydrogen-bond acceptors (Lipinski definition) is 4. The van der Waals surface area contributed by atoms with Gasteiger partial charge in [-0.3, -0.25) is 0 Å². The second-order valence-corrected chi connectivity index (χ2v) is 7.66. The van der Waals surface area contributed by atoms with E-state index in [4.69, 9.17) is 5.73 Å². The van der Waals surface area contributed by atoms with Gasteiger partial charge in [-0.2, -0.15) is 11.8 Å². The number of rotatable bonds is 9. The van der Waals surface area contributed by atoms with Gasteiger partial charge in [-0.15, -0.1) is 0 Å². The Balaban J connectivity index is 2.53. The van der Waals surface area contributed by atoms with E-state index in [-0.39, 0.29) is 10.6 Å². The van der Waals surface area contributed by atoms with Gasteiger partial charge in [-0.05, 0) is 49.5 Å². The van der Waals surface area contributed by atoms with Gasteiger partial charge < -0.3 is 5.73 Å². The zero-order chi connectivity index (χ0) is 15.9. The third-order valence-electron chi connectivity index (χ3n) is 3.15. The molecule has 0 aliphatic rings. The van der Waals surface area contributed by atoms with E-state index >= 15 is 0 Å². The summed E-state index contributed by atoms with van der Waals surface area (Å²) in [5.74, 6) is 0.542. The van der Waals surface area contributed by atoms with Gasteiger partial charge in [0.15, 0.2) is 0 Å². The Morgan fingerprint density at radius 2 is 1.90 bits per heavy atom. The molecule has 0 aromatic heterocycles. The molecule has 1 aromatic rings. The van der Waals surface area contributed by atoms with Crippen molar-refractivity contribution in [3.63, 3.8) is 0 Å². The van der Waals surface area contributed by atoms with E-state index in [9.17, 15) is 12.8 Å². The fourth-order valence-corrected chi connectivity index (χ4v) is 3.79. The van der Waals surface area contributed by atoms with Crippen LogP contribution in [0.1, 0.15) is 31.2 Å². The molecule has 0 aliphatic carbocycles.